The SMILES string of the molecule is C[C@H]1[C@H](CO)CC[C@]2(C(=O)O)CC[C@]3(C)[C@H](CC[C@@H]4[C@@]5(C)CC[C@@H](O)C(C)(C)[C@@H]5C(=O)C[C@]43C)[C@H]12. The molecule has 0 aliphatic heterocycles. The summed E-state index contributed by atoms with van der Waals surface area (Å²) in [4.78, 5) is 26.9. The van der Waals surface area contributed by atoms with Crippen molar-refractivity contribution in [2.75, 3.05) is 6.61 Å². The summed E-state index contributed by atoms with van der Waals surface area (Å²) in [7, 11) is 0. The molecule has 0 unspecified atom stereocenters. The van der Waals surface area contributed by atoms with Crippen molar-refractivity contribution in [3.63, 3.8) is 0 Å². The Kier molecular flexibility index (Phi) is 5.72. The van der Waals surface area contributed by atoms with Gasteiger partial charge in [0.2, 0.25) is 0 Å². The fraction of sp³-hybridized carbons (Fsp3) is 0.933. The van der Waals surface area contributed by atoms with Gasteiger partial charge in [0.15, 0.2) is 0 Å². The van der Waals surface area contributed by atoms with E-state index in [4.69, 9.17) is 0 Å². The van der Waals surface area contributed by atoms with Crippen LogP contribution >= 0.6 is 0 Å². The summed E-state index contributed by atoms with van der Waals surface area (Å²) in [5.41, 5.74) is -1.52. The van der Waals surface area contributed by atoms with E-state index in [9.17, 15) is 24.9 Å². The van der Waals surface area contributed by atoms with E-state index < -0.39 is 22.9 Å². The van der Waals surface area contributed by atoms with Crippen molar-refractivity contribution in [2.24, 2.45) is 62.6 Å². The molecule has 5 aliphatic rings. The van der Waals surface area contributed by atoms with Crippen molar-refractivity contribution >= 4 is 11.8 Å². The molecule has 5 nitrogen and oxygen atoms in total. The van der Waals surface area contributed by atoms with E-state index in [1.807, 2.05) is 0 Å². The van der Waals surface area contributed by atoms with Crippen molar-refractivity contribution in [1.82, 2.24) is 0 Å². The van der Waals surface area contributed by atoms with Crippen LogP contribution in [0.5, 0.6) is 0 Å². The third-order valence-corrected chi connectivity index (χ3v) is 13.6. The number of fused-ring (bicyclic) bond motifs is 7. The predicted molar refractivity (Wildman–Crippen MR) is 134 cm³/mol. The van der Waals surface area contributed by atoms with Crippen molar-refractivity contribution in [3.05, 3.63) is 0 Å². The molecule has 5 rings (SSSR count). The van der Waals surface area contributed by atoms with Crippen LogP contribution in [0.15, 0.2) is 0 Å². The van der Waals surface area contributed by atoms with E-state index in [0.29, 0.717) is 31.0 Å². The predicted octanol–water partition coefficient (Wildman–Crippen LogP) is 5.32. The maximum absolute atomic E-state index is 14.1. The highest BCUT2D eigenvalue weighted by atomic mass is 16.4. The van der Waals surface area contributed by atoms with Crippen molar-refractivity contribution in [1.29, 1.82) is 0 Å². The molecule has 0 saturated heterocycles. The molecule has 3 N–H and O–H groups in total. The number of aliphatic carboxylic acids is 1. The van der Waals surface area contributed by atoms with E-state index in [1.54, 1.807) is 0 Å². The van der Waals surface area contributed by atoms with Gasteiger partial charge in [0.05, 0.1) is 11.5 Å². The van der Waals surface area contributed by atoms with E-state index in [-0.39, 0.29) is 52.4 Å². The number of ketones is 1. The van der Waals surface area contributed by atoms with Crippen LogP contribution in [-0.4, -0.2) is 39.8 Å². The van der Waals surface area contributed by atoms with Gasteiger partial charge in [0, 0.05) is 24.4 Å². The van der Waals surface area contributed by atoms with E-state index in [0.717, 1.165) is 38.5 Å². The molecule has 5 saturated carbocycles. The number of carbonyl (C=O) groups is 2. The molecule has 0 bridgehead atoms. The van der Waals surface area contributed by atoms with Gasteiger partial charge in [-0.2, -0.15) is 0 Å². The highest BCUT2D eigenvalue weighted by molar-refractivity contribution is 5.85. The van der Waals surface area contributed by atoms with E-state index >= 15 is 0 Å². The standard InChI is InChI=1S/C30H48O5/c1-17-18(16-31)9-12-30(25(34)35)14-13-28(5)19(23(17)30)7-8-21-27(4)11-10-22(33)26(2,3)24(27)20(32)15-29(21,28)6/h17-19,21-24,31,33H,7-16H2,1-6H3,(H,34,35)/t17-,18-,19+,21+,22+,23-,24-,27+,28+,29+,30-/m0/s1. The van der Waals surface area contributed by atoms with Crippen LogP contribution in [0, 0.1) is 62.6 Å². The van der Waals surface area contributed by atoms with Gasteiger partial charge in [-0.05, 0) is 97.2 Å². The first-order valence-electron chi connectivity index (χ1n) is 14.3. The minimum Gasteiger partial charge on any atom is -0.481 e. The quantitative estimate of drug-likeness (QED) is 0.489. The van der Waals surface area contributed by atoms with Crippen LogP contribution in [0.3, 0.4) is 0 Å². The van der Waals surface area contributed by atoms with Gasteiger partial charge in [-0.1, -0.05) is 41.5 Å². The zero-order valence-corrected chi connectivity index (χ0v) is 22.8. The number of aliphatic hydroxyl groups excluding tert-OH is 2. The lowest BCUT2D eigenvalue weighted by atomic mass is 9.31. The molecule has 0 heterocycles. The first-order chi connectivity index (χ1) is 16.2. The summed E-state index contributed by atoms with van der Waals surface area (Å²) in [6, 6.07) is 0. The molecule has 5 fully saturated rings. The summed E-state index contributed by atoms with van der Waals surface area (Å²) in [5.74, 6) is 0.589. The Morgan fingerprint density at radius 1 is 0.943 bits per heavy atom. The third kappa shape index (κ3) is 3.00. The van der Waals surface area contributed by atoms with Crippen molar-refractivity contribution in [2.45, 2.75) is 105 Å². The Bertz CT molecular complexity index is 912. The summed E-state index contributed by atoms with van der Waals surface area (Å²) in [6.45, 7) is 13.6. The molecule has 0 spiro atoms. The Balaban J connectivity index is 1.59. The van der Waals surface area contributed by atoms with Crippen molar-refractivity contribution < 1.29 is 24.9 Å². The van der Waals surface area contributed by atoms with Gasteiger partial charge >= 0.3 is 5.97 Å². The smallest absolute Gasteiger partial charge is 0.309 e. The Morgan fingerprint density at radius 2 is 1.63 bits per heavy atom. The highest BCUT2D eigenvalue weighted by Crippen LogP contribution is 2.76. The fourth-order valence-corrected chi connectivity index (χ4v) is 11.7. The third-order valence-electron chi connectivity index (χ3n) is 13.6. The molecule has 0 amide bonds. The highest BCUT2D eigenvalue weighted by Gasteiger charge is 2.73. The van der Waals surface area contributed by atoms with Crippen LogP contribution in [0.4, 0.5) is 0 Å². The van der Waals surface area contributed by atoms with Crippen molar-refractivity contribution in [3.8, 4) is 0 Å². The zero-order chi connectivity index (χ0) is 25.8. The van der Waals surface area contributed by atoms with E-state index in [2.05, 4.69) is 41.5 Å². The minimum absolute atomic E-state index is 0.0488. The Labute approximate surface area is 211 Å². The zero-order valence-electron chi connectivity index (χ0n) is 22.8. The number of carbonyl (C=O) groups excluding carboxylic acids is 1. The number of carboxylic acid groups (broad SMARTS) is 1. The average molecular weight is 489 g/mol. The summed E-state index contributed by atoms with van der Waals surface area (Å²) >= 11 is 0. The summed E-state index contributed by atoms with van der Waals surface area (Å²) in [6.07, 6.45) is 6.80. The number of aliphatic hydroxyl groups is 2. The molecule has 11 atom stereocenters. The maximum atomic E-state index is 14.1. The van der Waals surface area contributed by atoms with Gasteiger partial charge < -0.3 is 15.3 Å². The van der Waals surface area contributed by atoms with Gasteiger partial charge in [-0.3, -0.25) is 9.59 Å². The van der Waals surface area contributed by atoms with Crippen LogP contribution in [0.2, 0.25) is 0 Å². The topological polar surface area (TPSA) is 94.8 Å². The number of carboxylic acids is 1. The molecule has 5 aliphatic carbocycles. The Hall–Kier alpha value is -0.940. The van der Waals surface area contributed by atoms with Gasteiger partial charge in [0.1, 0.15) is 5.78 Å². The molecule has 0 aromatic heterocycles. The average Bonchev–Trinajstić information content (AvgIpc) is 2.76. The number of hydrogen-bond acceptors (Lipinski definition) is 4. The van der Waals surface area contributed by atoms with Gasteiger partial charge in [-0.25, -0.2) is 0 Å². The Morgan fingerprint density at radius 3 is 2.26 bits per heavy atom. The largest absolute Gasteiger partial charge is 0.481 e. The second-order valence-corrected chi connectivity index (χ2v) is 14.9. The number of Topliss-reactive ketones (excluding diaryl/α,β-unsaturated/α-hetero) is 1. The van der Waals surface area contributed by atoms with Crippen LogP contribution in [0.25, 0.3) is 0 Å². The first-order valence-corrected chi connectivity index (χ1v) is 14.3. The second-order valence-electron chi connectivity index (χ2n) is 14.9. The molecular weight excluding hydrogens is 440 g/mol. The lowest BCUT2D eigenvalue weighted by Crippen LogP contribution is -2.70. The lowest BCUT2D eigenvalue weighted by molar-refractivity contribution is -0.250. The molecule has 5 heteroatoms. The summed E-state index contributed by atoms with van der Waals surface area (Å²) < 4.78 is 0. The number of rotatable bonds is 2. The number of hydrogen-bond donors (Lipinski definition) is 3. The maximum Gasteiger partial charge on any atom is 0.309 e. The van der Waals surface area contributed by atoms with Gasteiger partial charge in [0.25, 0.3) is 0 Å². The second kappa shape index (κ2) is 7.79. The molecule has 0 aromatic rings. The lowest BCUT2D eigenvalue weighted by Gasteiger charge is -2.73. The van der Waals surface area contributed by atoms with Crippen LogP contribution in [0.1, 0.15) is 99.3 Å². The van der Waals surface area contributed by atoms with Crippen LogP contribution in [-0.2, 0) is 9.59 Å². The molecule has 35 heavy (non-hydrogen) atoms. The van der Waals surface area contributed by atoms with Crippen LogP contribution < -0.4 is 0 Å². The molecule has 0 radical (unpaired) electrons. The fourth-order valence-electron chi connectivity index (χ4n) is 11.7. The molecule has 198 valence electrons. The summed E-state index contributed by atoms with van der Waals surface area (Å²) in [5, 5.41) is 31.5. The normalized spacial score (nSPS) is 55.2. The molecule has 0 aromatic carbocycles. The monoisotopic (exact) mass is 488 g/mol. The van der Waals surface area contributed by atoms with Gasteiger partial charge in [-0.15, -0.1) is 0 Å². The molecular formula is C30H48O5. The minimum atomic E-state index is -0.694. The first kappa shape index (κ1) is 25.7. The van der Waals surface area contributed by atoms with E-state index in [1.165, 1.54) is 0 Å².